The quantitative estimate of drug-likeness (QED) is 0.583. The Morgan fingerprint density at radius 1 is 1.62 bits per heavy atom. The molecule has 3 heteroatoms. The molecule has 0 bridgehead atoms. The standard InChI is InChI=1S/C10H12O3/c1-4-5-6-8(11)9-7-12-10(2,3)13-9/h1,8-9,11H,7H2,2-3H3/t8-,9+/m0/s1. The van der Waals surface area contributed by atoms with E-state index in [1.54, 1.807) is 13.8 Å². The second kappa shape index (κ2) is 3.81. The largest absolute Gasteiger partial charge is 0.377 e. The summed E-state index contributed by atoms with van der Waals surface area (Å²) in [7, 11) is 0. The summed E-state index contributed by atoms with van der Waals surface area (Å²) >= 11 is 0. The highest BCUT2D eigenvalue weighted by atomic mass is 16.7. The molecule has 0 aliphatic carbocycles. The number of hydrogen-bond acceptors (Lipinski definition) is 3. The van der Waals surface area contributed by atoms with Gasteiger partial charge in [0.2, 0.25) is 0 Å². The molecule has 0 radical (unpaired) electrons. The summed E-state index contributed by atoms with van der Waals surface area (Å²) in [5.74, 6) is 6.31. The summed E-state index contributed by atoms with van der Waals surface area (Å²) in [5.41, 5.74) is 0. The monoisotopic (exact) mass is 180 g/mol. The molecule has 1 fully saturated rings. The zero-order valence-corrected chi connectivity index (χ0v) is 7.70. The molecule has 3 nitrogen and oxygen atoms in total. The van der Waals surface area contributed by atoms with Gasteiger partial charge < -0.3 is 14.6 Å². The zero-order valence-electron chi connectivity index (χ0n) is 7.70. The summed E-state index contributed by atoms with van der Waals surface area (Å²) in [4.78, 5) is 0. The Bertz CT molecular complexity index is 277. The molecule has 0 spiro atoms. The van der Waals surface area contributed by atoms with E-state index in [0.717, 1.165) is 0 Å². The van der Waals surface area contributed by atoms with Gasteiger partial charge in [0.05, 0.1) is 6.61 Å². The summed E-state index contributed by atoms with van der Waals surface area (Å²) in [6.45, 7) is 3.91. The molecule has 0 amide bonds. The van der Waals surface area contributed by atoms with E-state index in [0.29, 0.717) is 6.61 Å². The first-order valence-corrected chi connectivity index (χ1v) is 4.01. The Labute approximate surface area is 78.0 Å². The lowest BCUT2D eigenvalue weighted by atomic mass is 10.2. The fourth-order valence-electron chi connectivity index (χ4n) is 1.08. The Hall–Kier alpha value is -1.00. The SMILES string of the molecule is C#CC#C[C@H](O)[C@H]1COC(C)(C)O1. The predicted octanol–water partition coefficient (Wildman–Crippen LogP) is 0.135. The van der Waals surface area contributed by atoms with E-state index < -0.39 is 18.0 Å². The van der Waals surface area contributed by atoms with Crippen LogP contribution in [0.15, 0.2) is 0 Å². The summed E-state index contributed by atoms with van der Waals surface area (Å²) in [6.07, 6.45) is 3.64. The van der Waals surface area contributed by atoms with Crippen molar-refractivity contribution in [1.29, 1.82) is 0 Å². The molecule has 1 saturated heterocycles. The maximum Gasteiger partial charge on any atom is 0.163 e. The Balaban J connectivity index is 2.52. The van der Waals surface area contributed by atoms with Gasteiger partial charge in [0, 0.05) is 0 Å². The van der Waals surface area contributed by atoms with Crippen molar-refractivity contribution in [2.75, 3.05) is 6.61 Å². The van der Waals surface area contributed by atoms with Crippen molar-refractivity contribution >= 4 is 0 Å². The molecule has 1 rings (SSSR count). The first kappa shape index (κ1) is 10.1. The third kappa shape index (κ3) is 2.75. The Morgan fingerprint density at radius 3 is 2.77 bits per heavy atom. The van der Waals surface area contributed by atoms with Crippen molar-refractivity contribution in [1.82, 2.24) is 0 Å². The highest BCUT2D eigenvalue weighted by Gasteiger charge is 2.36. The van der Waals surface area contributed by atoms with E-state index in [1.807, 2.05) is 0 Å². The van der Waals surface area contributed by atoms with Gasteiger partial charge in [-0.2, -0.15) is 0 Å². The van der Waals surface area contributed by atoms with Gasteiger partial charge in [-0.05, 0) is 25.7 Å². The number of aliphatic hydroxyl groups is 1. The molecule has 0 unspecified atom stereocenters. The highest BCUT2D eigenvalue weighted by molar-refractivity contribution is 5.24. The van der Waals surface area contributed by atoms with Crippen molar-refractivity contribution in [2.45, 2.75) is 31.8 Å². The highest BCUT2D eigenvalue weighted by Crippen LogP contribution is 2.23. The maximum atomic E-state index is 9.44. The van der Waals surface area contributed by atoms with Crippen LogP contribution in [0.2, 0.25) is 0 Å². The van der Waals surface area contributed by atoms with E-state index in [-0.39, 0.29) is 0 Å². The van der Waals surface area contributed by atoms with E-state index in [4.69, 9.17) is 15.9 Å². The maximum absolute atomic E-state index is 9.44. The van der Waals surface area contributed by atoms with E-state index in [9.17, 15) is 5.11 Å². The first-order chi connectivity index (χ1) is 6.05. The Kier molecular flexibility index (Phi) is 2.95. The van der Waals surface area contributed by atoms with Crippen LogP contribution in [-0.4, -0.2) is 29.7 Å². The van der Waals surface area contributed by atoms with Crippen molar-refractivity contribution in [3.63, 3.8) is 0 Å². The van der Waals surface area contributed by atoms with Gasteiger partial charge in [0.1, 0.15) is 12.2 Å². The lowest BCUT2D eigenvalue weighted by Gasteiger charge is -2.17. The van der Waals surface area contributed by atoms with Crippen LogP contribution in [0.5, 0.6) is 0 Å². The summed E-state index contributed by atoms with van der Waals surface area (Å²) in [5, 5.41) is 9.44. The van der Waals surface area contributed by atoms with E-state index in [1.165, 1.54) is 0 Å². The minimum Gasteiger partial charge on any atom is -0.377 e. The predicted molar refractivity (Wildman–Crippen MR) is 47.5 cm³/mol. The van der Waals surface area contributed by atoms with Gasteiger partial charge in [0.25, 0.3) is 0 Å². The number of rotatable bonds is 1. The summed E-state index contributed by atoms with van der Waals surface area (Å²) < 4.78 is 10.6. The second-order valence-electron chi connectivity index (χ2n) is 3.23. The average molecular weight is 180 g/mol. The van der Waals surface area contributed by atoms with Gasteiger partial charge in [-0.15, -0.1) is 6.42 Å². The van der Waals surface area contributed by atoms with Gasteiger partial charge >= 0.3 is 0 Å². The van der Waals surface area contributed by atoms with Crippen molar-refractivity contribution in [2.24, 2.45) is 0 Å². The van der Waals surface area contributed by atoms with Crippen LogP contribution in [0.3, 0.4) is 0 Å². The third-order valence-corrected chi connectivity index (χ3v) is 1.67. The molecule has 0 aromatic heterocycles. The van der Waals surface area contributed by atoms with Gasteiger partial charge in [-0.1, -0.05) is 5.92 Å². The van der Waals surface area contributed by atoms with E-state index in [2.05, 4.69) is 17.8 Å². The molecule has 0 aromatic rings. The number of aliphatic hydroxyl groups excluding tert-OH is 1. The average Bonchev–Trinajstić information content (AvgIpc) is 2.42. The molecular weight excluding hydrogens is 168 g/mol. The van der Waals surface area contributed by atoms with Gasteiger partial charge in [-0.25, -0.2) is 0 Å². The molecule has 1 heterocycles. The number of ether oxygens (including phenoxy) is 2. The number of hydrogen-bond donors (Lipinski definition) is 1. The van der Waals surface area contributed by atoms with Crippen LogP contribution in [0.4, 0.5) is 0 Å². The van der Waals surface area contributed by atoms with Crippen molar-refractivity contribution in [3.05, 3.63) is 0 Å². The fourth-order valence-corrected chi connectivity index (χ4v) is 1.08. The van der Waals surface area contributed by atoms with Crippen LogP contribution in [0, 0.1) is 24.2 Å². The second-order valence-corrected chi connectivity index (χ2v) is 3.23. The molecule has 70 valence electrons. The van der Waals surface area contributed by atoms with Crippen molar-refractivity contribution in [3.8, 4) is 24.2 Å². The lowest BCUT2D eigenvalue weighted by Crippen LogP contribution is -2.29. The minimum absolute atomic E-state index is 0.341. The molecule has 13 heavy (non-hydrogen) atoms. The topological polar surface area (TPSA) is 38.7 Å². The van der Waals surface area contributed by atoms with Crippen LogP contribution in [0.1, 0.15) is 13.8 Å². The van der Waals surface area contributed by atoms with Crippen LogP contribution >= 0.6 is 0 Å². The van der Waals surface area contributed by atoms with Crippen LogP contribution in [-0.2, 0) is 9.47 Å². The van der Waals surface area contributed by atoms with Gasteiger partial charge in [0.15, 0.2) is 5.79 Å². The van der Waals surface area contributed by atoms with E-state index >= 15 is 0 Å². The molecule has 1 N–H and O–H groups in total. The normalized spacial score (nSPS) is 27.1. The smallest absolute Gasteiger partial charge is 0.163 e. The third-order valence-electron chi connectivity index (χ3n) is 1.67. The minimum atomic E-state index is -0.877. The lowest BCUT2D eigenvalue weighted by molar-refractivity contribution is -0.146. The van der Waals surface area contributed by atoms with Crippen LogP contribution < -0.4 is 0 Å². The van der Waals surface area contributed by atoms with Crippen LogP contribution in [0.25, 0.3) is 0 Å². The zero-order chi connectivity index (χ0) is 9.90. The molecule has 2 atom stereocenters. The number of terminal acetylenes is 1. The fraction of sp³-hybridized carbons (Fsp3) is 0.600. The molecule has 1 aliphatic rings. The Morgan fingerprint density at radius 2 is 2.31 bits per heavy atom. The molecule has 1 aliphatic heterocycles. The molecular formula is C10H12O3. The first-order valence-electron chi connectivity index (χ1n) is 4.01. The molecule has 0 aromatic carbocycles. The van der Waals surface area contributed by atoms with Crippen molar-refractivity contribution < 1.29 is 14.6 Å². The molecule has 0 saturated carbocycles. The summed E-state index contributed by atoms with van der Waals surface area (Å²) in [6, 6.07) is 0. The van der Waals surface area contributed by atoms with Gasteiger partial charge in [-0.3, -0.25) is 0 Å².